The van der Waals surface area contributed by atoms with E-state index >= 15 is 0 Å². The van der Waals surface area contributed by atoms with Crippen molar-refractivity contribution in [3.05, 3.63) is 0 Å². The summed E-state index contributed by atoms with van der Waals surface area (Å²) in [7, 11) is 0. The topological polar surface area (TPSA) is 35.5 Å². The Hall–Kier alpha value is -0.570. The molecule has 0 heterocycles. The molecule has 3 heteroatoms. The Morgan fingerprint density at radius 3 is 1.96 bits per heavy atom. The van der Waals surface area contributed by atoms with E-state index in [4.69, 9.17) is 9.47 Å². The van der Waals surface area contributed by atoms with Crippen molar-refractivity contribution in [1.29, 1.82) is 0 Å². The highest BCUT2D eigenvalue weighted by molar-refractivity contribution is 5.73. The zero-order valence-electron chi connectivity index (χ0n) is 17.3. The van der Waals surface area contributed by atoms with Crippen LogP contribution in [0.15, 0.2) is 0 Å². The second-order valence-electron chi connectivity index (χ2n) is 10.1. The van der Waals surface area contributed by atoms with Crippen LogP contribution in [0.1, 0.15) is 93.9 Å². The molecule has 2 unspecified atom stereocenters. The average Bonchev–Trinajstić information content (AvgIpc) is 2.43. The predicted octanol–water partition coefficient (Wildman–Crippen LogP) is 5.96. The van der Waals surface area contributed by atoms with Crippen LogP contribution in [-0.2, 0) is 14.3 Å². The Balaban J connectivity index is 2.76. The van der Waals surface area contributed by atoms with Crippen LogP contribution in [0.3, 0.4) is 0 Å². The second kappa shape index (κ2) is 8.69. The molecule has 1 aliphatic rings. The van der Waals surface area contributed by atoms with Crippen LogP contribution < -0.4 is 0 Å². The zero-order valence-corrected chi connectivity index (χ0v) is 17.3. The Labute approximate surface area is 149 Å². The number of hydrogen-bond acceptors (Lipinski definition) is 3. The van der Waals surface area contributed by atoms with Gasteiger partial charge in [-0.05, 0) is 30.1 Å². The number of rotatable bonds is 6. The molecular weight excluding hydrogens is 300 g/mol. The Morgan fingerprint density at radius 2 is 1.54 bits per heavy atom. The van der Waals surface area contributed by atoms with E-state index in [9.17, 15) is 4.79 Å². The molecule has 0 N–H and O–H groups in total. The van der Waals surface area contributed by atoms with E-state index in [-0.39, 0.29) is 34.7 Å². The minimum Gasteiger partial charge on any atom is -0.435 e. The van der Waals surface area contributed by atoms with Gasteiger partial charge in [-0.3, -0.25) is 4.79 Å². The molecule has 142 valence electrons. The molecule has 3 nitrogen and oxygen atoms in total. The molecule has 1 rings (SSSR count). The molecule has 0 aromatic heterocycles. The normalized spacial score (nSPS) is 20.0. The van der Waals surface area contributed by atoms with Gasteiger partial charge in [0.15, 0.2) is 0 Å². The van der Waals surface area contributed by atoms with Gasteiger partial charge in [0.25, 0.3) is 0 Å². The van der Waals surface area contributed by atoms with E-state index in [0.29, 0.717) is 0 Å². The van der Waals surface area contributed by atoms with Crippen LogP contribution in [-0.4, -0.2) is 18.4 Å². The molecule has 0 aromatic carbocycles. The summed E-state index contributed by atoms with van der Waals surface area (Å²) in [6, 6.07) is 0. The van der Waals surface area contributed by atoms with E-state index < -0.39 is 6.29 Å². The largest absolute Gasteiger partial charge is 0.435 e. The van der Waals surface area contributed by atoms with E-state index in [1.165, 1.54) is 19.3 Å². The molecule has 0 amide bonds. The van der Waals surface area contributed by atoms with Gasteiger partial charge >= 0.3 is 5.97 Å². The van der Waals surface area contributed by atoms with Gasteiger partial charge < -0.3 is 9.47 Å². The van der Waals surface area contributed by atoms with E-state index in [1.54, 1.807) is 0 Å². The van der Waals surface area contributed by atoms with Gasteiger partial charge in [-0.25, -0.2) is 0 Å². The van der Waals surface area contributed by atoms with Gasteiger partial charge in [0.2, 0.25) is 6.29 Å². The highest BCUT2D eigenvalue weighted by atomic mass is 16.7. The third kappa shape index (κ3) is 7.55. The fourth-order valence-electron chi connectivity index (χ4n) is 3.26. The summed E-state index contributed by atoms with van der Waals surface area (Å²) in [6.45, 7) is 17.0. The lowest BCUT2D eigenvalue weighted by Gasteiger charge is -2.36. The smallest absolute Gasteiger partial charge is 0.311 e. The SMILES string of the molecule is CC(C)C(OC(=O)C(CC(C)(C)C)C(C)(C)C)OC1CCCCC1. The van der Waals surface area contributed by atoms with Crippen LogP contribution in [0.5, 0.6) is 0 Å². The summed E-state index contributed by atoms with van der Waals surface area (Å²) in [5.41, 5.74) is -0.0226. The lowest BCUT2D eigenvalue weighted by Crippen LogP contribution is -2.39. The first-order valence-corrected chi connectivity index (χ1v) is 9.76. The van der Waals surface area contributed by atoms with E-state index in [1.807, 2.05) is 0 Å². The minimum absolute atomic E-state index is 0.0918. The van der Waals surface area contributed by atoms with Gasteiger partial charge in [0.05, 0.1) is 12.0 Å². The first kappa shape index (κ1) is 21.5. The quantitative estimate of drug-likeness (QED) is 0.442. The maximum atomic E-state index is 12.9. The summed E-state index contributed by atoms with van der Waals surface area (Å²) >= 11 is 0. The third-order valence-corrected chi connectivity index (χ3v) is 4.80. The fourth-order valence-corrected chi connectivity index (χ4v) is 3.26. The van der Waals surface area contributed by atoms with Crippen molar-refractivity contribution in [2.24, 2.45) is 22.7 Å². The van der Waals surface area contributed by atoms with Crippen molar-refractivity contribution in [2.75, 3.05) is 0 Å². The highest BCUT2D eigenvalue weighted by Crippen LogP contribution is 2.37. The first-order valence-electron chi connectivity index (χ1n) is 9.76. The van der Waals surface area contributed by atoms with Crippen molar-refractivity contribution < 1.29 is 14.3 Å². The van der Waals surface area contributed by atoms with Gasteiger partial charge in [0, 0.05) is 5.92 Å². The zero-order chi connectivity index (χ0) is 18.5. The predicted molar refractivity (Wildman–Crippen MR) is 99.7 cm³/mol. The van der Waals surface area contributed by atoms with Crippen LogP contribution >= 0.6 is 0 Å². The van der Waals surface area contributed by atoms with Crippen molar-refractivity contribution in [3.63, 3.8) is 0 Å². The van der Waals surface area contributed by atoms with Crippen LogP contribution in [0.4, 0.5) is 0 Å². The molecular formula is C21H40O3. The maximum absolute atomic E-state index is 12.9. The lowest BCUT2D eigenvalue weighted by atomic mass is 9.72. The monoisotopic (exact) mass is 340 g/mol. The van der Waals surface area contributed by atoms with Gasteiger partial charge in [-0.1, -0.05) is 74.7 Å². The highest BCUT2D eigenvalue weighted by Gasteiger charge is 2.37. The van der Waals surface area contributed by atoms with E-state index in [2.05, 4.69) is 55.4 Å². The molecule has 0 aromatic rings. The van der Waals surface area contributed by atoms with Gasteiger partial charge in [-0.15, -0.1) is 0 Å². The standard InChI is InChI=1S/C21H40O3/c1-15(2)19(23-16-12-10-9-11-13-16)24-18(22)17(21(6,7)8)14-20(3,4)5/h15-17,19H,9-14H2,1-8H3. The summed E-state index contributed by atoms with van der Waals surface area (Å²) < 4.78 is 12.1. The van der Waals surface area contributed by atoms with Crippen molar-refractivity contribution in [1.82, 2.24) is 0 Å². The van der Waals surface area contributed by atoms with Crippen LogP contribution in [0.25, 0.3) is 0 Å². The van der Waals surface area contributed by atoms with Crippen molar-refractivity contribution in [3.8, 4) is 0 Å². The molecule has 1 fully saturated rings. The first-order chi connectivity index (χ1) is 10.9. The lowest BCUT2D eigenvalue weighted by molar-refractivity contribution is -0.212. The summed E-state index contributed by atoms with van der Waals surface area (Å²) in [6.07, 6.45) is 6.56. The Morgan fingerprint density at radius 1 is 1.00 bits per heavy atom. The molecule has 0 saturated heterocycles. The molecule has 24 heavy (non-hydrogen) atoms. The molecule has 1 saturated carbocycles. The number of hydrogen-bond donors (Lipinski definition) is 0. The summed E-state index contributed by atoms with van der Waals surface area (Å²) in [4.78, 5) is 12.9. The minimum atomic E-state index is -0.426. The van der Waals surface area contributed by atoms with Crippen molar-refractivity contribution >= 4 is 5.97 Å². The average molecular weight is 341 g/mol. The number of ether oxygens (including phenoxy) is 2. The Bertz CT molecular complexity index is 381. The maximum Gasteiger partial charge on any atom is 0.311 e. The molecule has 0 bridgehead atoms. The molecule has 0 spiro atoms. The second-order valence-corrected chi connectivity index (χ2v) is 10.1. The summed E-state index contributed by atoms with van der Waals surface area (Å²) in [5.74, 6) is -0.0493. The van der Waals surface area contributed by atoms with E-state index in [0.717, 1.165) is 19.3 Å². The third-order valence-electron chi connectivity index (χ3n) is 4.80. The van der Waals surface area contributed by atoms with Crippen molar-refractivity contribution in [2.45, 2.75) is 106 Å². The molecule has 1 aliphatic carbocycles. The number of carbonyl (C=O) groups is 1. The van der Waals surface area contributed by atoms with Gasteiger partial charge in [0.1, 0.15) is 0 Å². The molecule has 0 aliphatic heterocycles. The van der Waals surface area contributed by atoms with Crippen LogP contribution in [0, 0.1) is 22.7 Å². The summed E-state index contributed by atoms with van der Waals surface area (Å²) in [5, 5.41) is 0. The van der Waals surface area contributed by atoms with Crippen LogP contribution in [0.2, 0.25) is 0 Å². The number of esters is 1. The number of carbonyl (C=O) groups excluding carboxylic acids is 1. The Kier molecular flexibility index (Phi) is 7.77. The molecule has 0 radical (unpaired) electrons. The van der Waals surface area contributed by atoms with Gasteiger partial charge in [-0.2, -0.15) is 0 Å². The molecule has 2 atom stereocenters. The fraction of sp³-hybridized carbons (Fsp3) is 0.952.